The largest absolute Gasteiger partial charge is 0.310 e. The van der Waals surface area contributed by atoms with Crippen LogP contribution in [0.4, 0.5) is 17.1 Å². The highest BCUT2D eigenvalue weighted by molar-refractivity contribution is 6.24. The monoisotopic (exact) mass is 723 g/mol. The van der Waals surface area contributed by atoms with Crippen LogP contribution in [0.15, 0.2) is 224 Å². The van der Waals surface area contributed by atoms with Gasteiger partial charge in [0.15, 0.2) is 0 Å². The molecule has 1 heteroatoms. The highest BCUT2D eigenvalue weighted by Crippen LogP contribution is 2.46. The summed E-state index contributed by atoms with van der Waals surface area (Å²) in [4.78, 5) is 2.43. The minimum atomic E-state index is 1.10. The first-order valence-electron chi connectivity index (χ1n) is 19.7. The molecule has 0 bridgehead atoms. The van der Waals surface area contributed by atoms with Gasteiger partial charge >= 0.3 is 0 Å². The average molecular weight is 724 g/mol. The lowest BCUT2D eigenvalue weighted by atomic mass is 9.88. The molecule has 0 saturated carbocycles. The Morgan fingerprint density at radius 3 is 1.60 bits per heavy atom. The standard InChI is InChI=1S/C56H37N/c1-2-14-38(15-3-1)39-30-32-44(33-31-39)57(45-20-12-19-42(36-45)47-27-13-18-40-16-4-6-21-46(40)47)55-35-34-51(49-23-8-10-25-52(49)55)54-37-43-29-28-41-17-5-7-22-48(41)56(43)53-26-11-9-24-50(53)54/h1-37H. The van der Waals surface area contributed by atoms with Gasteiger partial charge in [0.1, 0.15) is 0 Å². The lowest BCUT2D eigenvalue weighted by Crippen LogP contribution is -2.11. The summed E-state index contributed by atoms with van der Waals surface area (Å²) >= 11 is 0. The van der Waals surface area contributed by atoms with Crippen molar-refractivity contribution in [3.8, 4) is 33.4 Å². The fraction of sp³-hybridized carbons (Fsp3) is 0. The molecule has 0 aliphatic heterocycles. The molecular formula is C56H37N. The van der Waals surface area contributed by atoms with Crippen molar-refractivity contribution in [1.29, 1.82) is 0 Å². The van der Waals surface area contributed by atoms with E-state index in [1.54, 1.807) is 0 Å². The maximum Gasteiger partial charge on any atom is 0.0540 e. The van der Waals surface area contributed by atoms with Gasteiger partial charge in [-0.1, -0.05) is 188 Å². The fourth-order valence-electron chi connectivity index (χ4n) is 8.96. The van der Waals surface area contributed by atoms with Gasteiger partial charge < -0.3 is 4.90 Å². The number of hydrogen-bond donors (Lipinski definition) is 0. The van der Waals surface area contributed by atoms with Crippen LogP contribution < -0.4 is 4.90 Å². The van der Waals surface area contributed by atoms with Crippen LogP contribution in [0, 0.1) is 0 Å². The first kappa shape index (κ1) is 32.9. The van der Waals surface area contributed by atoms with E-state index in [0.717, 1.165) is 17.1 Å². The third kappa shape index (κ3) is 5.63. The summed E-state index contributed by atoms with van der Waals surface area (Å²) < 4.78 is 0. The normalized spacial score (nSPS) is 11.5. The van der Waals surface area contributed by atoms with Crippen LogP contribution in [-0.4, -0.2) is 0 Å². The molecule has 0 aliphatic rings. The van der Waals surface area contributed by atoms with E-state index in [0.29, 0.717) is 0 Å². The first-order chi connectivity index (χ1) is 28.3. The second-order valence-electron chi connectivity index (χ2n) is 14.9. The molecular weight excluding hydrogens is 687 g/mol. The van der Waals surface area contributed by atoms with E-state index in [1.165, 1.54) is 87.2 Å². The lowest BCUT2D eigenvalue weighted by Gasteiger charge is -2.28. The van der Waals surface area contributed by atoms with Crippen molar-refractivity contribution in [2.45, 2.75) is 0 Å². The summed E-state index contributed by atoms with van der Waals surface area (Å²) in [5.41, 5.74) is 10.6. The van der Waals surface area contributed by atoms with Gasteiger partial charge in [-0.2, -0.15) is 0 Å². The molecule has 0 heterocycles. The van der Waals surface area contributed by atoms with Crippen LogP contribution in [-0.2, 0) is 0 Å². The Bertz CT molecular complexity index is 3280. The molecule has 0 N–H and O–H groups in total. The van der Waals surface area contributed by atoms with Gasteiger partial charge in [0, 0.05) is 16.8 Å². The summed E-state index contributed by atoms with van der Waals surface area (Å²) in [6.45, 7) is 0. The minimum absolute atomic E-state index is 1.10. The van der Waals surface area contributed by atoms with Gasteiger partial charge in [0.25, 0.3) is 0 Å². The Balaban J connectivity index is 1.13. The van der Waals surface area contributed by atoms with Crippen molar-refractivity contribution in [3.63, 3.8) is 0 Å². The number of nitrogens with zero attached hydrogens (tertiary/aromatic N) is 1. The highest BCUT2D eigenvalue weighted by Gasteiger charge is 2.20. The van der Waals surface area contributed by atoms with Crippen LogP contribution in [0.25, 0.3) is 87.2 Å². The number of fused-ring (bicyclic) bond motifs is 7. The molecule has 0 amide bonds. The molecule has 0 atom stereocenters. The second kappa shape index (κ2) is 13.7. The topological polar surface area (TPSA) is 3.24 Å². The quantitative estimate of drug-likeness (QED) is 0.154. The Labute approximate surface area is 332 Å². The Kier molecular flexibility index (Phi) is 7.89. The van der Waals surface area contributed by atoms with Crippen molar-refractivity contribution in [2.24, 2.45) is 0 Å². The minimum Gasteiger partial charge on any atom is -0.310 e. The second-order valence-corrected chi connectivity index (χ2v) is 14.9. The molecule has 11 rings (SSSR count). The Morgan fingerprint density at radius 1 is 0.246 bits per heavy atom. The molecule has 57 heavy (non-hydrogen) atoms. The predicted molar refractivity (Wildman–Crippen MR) is 245 cm³/mol. The third-order valence-corrected chi connectivity index (χ3v) is 11.6. The SMILES string of the molecule is c1ccc(-c2ccc(N(c3cccc(-c4cccc5ccccc45)c3)c3ccc(-c4cc5ccc6ccccc6c5c5ccccc45)c4ccccc34)cc2)cc1. The number of anilines is 3. The molecule has 0 fully saturated rings. The van der Waals surface area contributed by atoms with Crippen LogP contribution >= 0.6 is 0 Å². The smallest absolute Gasteiger partial charge is 0.0540 e. The van der Waals surface area contributed by atoms with E-state index < -0.39 is 0 Å². The van der Waals surface area contributed by atoms with Crippen molar-refractivity contribution in [1.82, 2.24) is 0 Å². The van der Waals surface area contributed by atoms with Crippen LogP contribution in [0.1, 0.15) is 0 Å². The van der Waals surface area contributed by atoms with Gasteiger partial charge in [-0.25, -0.2) is 0 Å². The van der Waals surface area contributed by atoms with E-state index in [9.17, 15) is 0 Å². The van der Waals surface area contributed by atoms with E-state index in [2.05, 4.69) is 229 Å². The fourth-order valence-corrected chi connectivity index (χ4v) is 8.96. The number of benzene rings is 11. The van der Waals surface area contributed by atoms with Gasteiger partial charge in [0.2, 0.25) is 0 Å². The summed E-state index contributed by atoms with van der Waals surface area (Å²) in [5, 5.41) is 12.6. The van der Waals surface area contributed by atoms with Gasteiger partial charge in [-0.15, -0.1) is 0 Å². The van der Waals surface area contributed by atoms with Crippen molar-refractivity contribution in [3.05, 3.63) is 224 Å². The zero-order chi connectivity index (χ0) is 37.7. The van der Waals surface area contributed by atoms with Crippen LogP contribution in [0.5, 0.6) is 0 Å². The number of hydrogen-bond acceptors (Lipinski definition) is 1. The third-order valence-electron chi connectivity index (χ3n) is 11.6. The maximum atomic E-state index is 2.43. The maximum absolute atomic E-state index is 2.43. The van der Waals surface area contributed by atoms with Gasteiger partial charge in [0.05, 0.1) is 5.69 Å². The van der Waals surface area contributed by atoms with Crippen molar-refractivity contribution in [2.75, 3.05) is 4.90 Å². The lowest BCUT2D eigenvalue weighted by molar-refractivity contribution is 1.30. The molecule has 0 aromatic heterocycles. The molecule has 1 nitrogen and oxygen atoms in total. The van der Waals surface area contributed by atoms with Crippen LogP contribution in [0.3, 0.4) is 0 Å². The zero-order valence-corrected chi connectivity index (χ0v) is 31.3. The highest BCUT2D eigenvalue weighted by atomic mass is 15.1. The predicted octanol–water partition coefficient (Wildman–Crippen LogP) is 15.9. The summed E-state index contributed by atoms with van der Waals surface area (Å²) in [7, 11) is 0. The van der Waals surface area contributed by atoms with Crippen molar-refractivity contribution < 1.29 is 0 Å². The molecule has 11 aromatic rings. The summed E-state index contributed by atoms with van der Waals surface area (Å²) in [6.07, 6.45) is 0. The van der Waals surface area contributed by atoms with E-state index >= 15 is 0 Å². The van der Waals surface area contributed by atoms with Crippen LogP contribution in [0.2, 0.25) is 0 Å². The molecule has 0 spiro atoms. The van der Waals surface area contributed by atoms with E-state index in [1.807, 2.05) is 0 Å². The molecule has 0 saturated heterocycles. The average Bonchev–Trinajstić information content (AvgIpc) is 3.29. The Hall–Kier alpha value is -7.48. The van der Waals surface area contributed by atoms with Gasteiger partial charge in [-0.3, -0.25) is 0 Å². The molecule has 0 radical (unpaired) electrons. The van der Waals surface area contributed by atoms with E-state index in [-0.39, 0.29) is 0 Å². The molecule has 0 unspecified atom stereocenters. The van der Waals surface area contributed by atoms with Crippen molar-refractivity contribution >= 4 is 70.9 Å². The molecule has 11 aromatic carbocycles. The summed E-state index contributed by atoms with van der Waals surface area (Å²) in [6, 6.07) is 82.1. The van der Waals surface area contributed by atoms with E-state index in [4.69, 9.17) is 0 Å². The zero-order valence-electron chi connectivity index (χ0n) is 31.3. The number of rotatable bonds is 6. The molecule has 266 valence electrons. The molecule has 0 aliphatic carbocycles. The summed E-state index contributed by atoms with van der Waals surface area (Å²) in [5.74, 6) is 0. The Morgan fingerprint density at radius 2 is 0.807 bits per heavy atom. The first-order valence-corrected chi connectivity index (χ1v) is 19.7. The van der Waals surface area contributed by atoms with Gasteiger partial charge in [-0.05, 0) is 118 Å².